The van der Waals surface area contributed by atoms with E-state index in [0.717, 1.165) is 95.0 Å². The van der Waals surface area contributed by atoms with Crippen LogP contribution in [0.4, 0.5) is 5.69 Å². The number of ether oxygens (including phenoxy) is 2. The minimum Gasteiger partial charge on any atom is -0.394 e. The number of fused-ring (bicyclic) bond motifs is 8. The normalized spacial score (nSPS) is 21.0. The molecule has 7 heterocycles. The van der Waals surface area contributed by atoms with E-state index in [1.807, 2.05) is 84.9 Å². The molecule has 3 aromatic heterocycles. The van der Waals surface area contributed by atoms with Gasteiger partial charge in [-0.05, 0) is 83.0 Å². The second-order valence-corrected chi connectivity index (χ2v) is 19.4. The summed E-state index contributed by atoms with van der Waals surface area (Å²) in [5.74, 6) is -0.870. The van der Waals surface area contributed by atoms with E-state index in [9.17, 15) is 45.6 Å². The number of aromatic nitrogens is 4. The van der Waals surface area contributed by atoms with Crippen molar-refractivity contribution in [2.24, 2.45) is 0 Å². The van der Waals surface area contributed by atoms with Crippen molar-refractivity contribution in [2.45, 2.75) is 55.1 Å². The van der Waals surface area contributed by atoms with Gasteiger partial charge in [0.05, 0.1) is 36.0 Å². The topological polar surface area (TPSA) is 261 Å². The predicted molar refractivity (Wildman–Crippen MR) is 293 cm³/mol. The van der Waals surface area contributed by atoms with E-state index < -0.39 is 74.2 Å². The zero-order valence-corrected chi connectivity index (χ0v) is 41.6. The maximum absolute atomic E-state index is 13.7. The number of nitrogens with one attached hydrogen (secondary N) is 2. The van der Waals surface area contributed by atoms with Crippen molar-refractivity contribution in [1.82, 2.24) is 24.8 Å². The SMILES string of the molecule is O=C([C@H](O)[C@@H](O)[C@H](O[C@@H]1O[C@H](CO)[C@H](O)[C@H](O)[C@H]1O)[C@H](O)CO)N1CCN(c2ccc(-c3c4nc(c(-c5ccccc5)c5ccc([nH]5)c(-c5ccccc5)c5nc(c(-c6ccccc6)c6ccc3[nH]6)C=C5)C=C4)cc2)CC1. The summed E-state index contributed by atoms with van der Waals surface area (Å²) in [6, 6.07) is 47.2. The lowest BCUT2D eigenvalue weighted by atomic mass is 9.98. The van der Waals surface area contributed by atoms with E-state index in [4.69, 9.17) is 19.4 Å². The molecule has 0 saturated carbocycles. The van der Waals surface area contributed by atoms with E-state index in [1.54, 1.807) is 0 Å². The fraction of sp³-hybridized carbons (Fsp3) is 0.250. The van der Waals surface area contributed by atoms with Crippen molar-refractivity contribution in [3.8, 4) is 44.5 Å². The van der Waals surface area contributed by atoms with Crippen molar-refractivity contribution in [2.75, 3.05) is 44.3 Å². The lowest BCUT2D eigenvalue weighted by Crippen LogP contribution is -2.62. The molecular weight excluding hydrogens is 981 g/mol. The van der Waals surface area contributed by atoms with Gasteiger partial charge in [0, 0.05) is 76.2 Å². The Hall–Kier alpha value is -7.65. The van der Waals surface area contributed by atoms with Gasteiger partial charge in [0.25, 0.3) is 5.91 Å². The van der Waals surface area contributed by atoms with Crippen LogP contribution in [0, 0.1) is 0 Å². The first-order valence-electron chi connectivity index (χ1n) is 25.6. The summed E-state index contributed by atoms with van der Waals surface area (Å²) in [7, 11) is 0. The number of aliphatic hydroxyl groups excluding tert-OH is 8. The lowest BCUT2D eigenvalue weighted by Gasteiger charge is -2.42. The third-order valence-corrected chi connectivity index (χ3v) is 14.7. The number of piperazine rings is 1. The Kier molecular flexibility index (Phi) is 14.8. The maximum Gasteiger partial charge on any atom is 0.254 e. The standard InChI is InChI=1S/C60H58N6O11/c67-32-47(69)58(77-60-57(74)54(71)53(70)48(33-68)76-60)55(72)56(73)59(75)66-30-28-65(29-31-66)38-18-16-37(17-19-38)52-45-26-24-43(63-45)50(35-12-6-2-7-13-35)41-22-20-39(61-41)49(34-10-4-1-5-11-34)40-21-23-42(62-40)51(36-14-8-3-9-15-36)44-25-27-46(52)64-44/h1-27,47-48,53-58,60-61,64,67-74H,28-33H2/t47-,48-,53+,54+,55-,56-,57-,58-,60+/m1/s1. The van der Waals surface area contributed by atoms with Gasteiger partial charge in [-0.1, -0.05) is 103 Å². The number of aromatic amines is 2. The smallest absolute Gasteiger partial charge is 0.254 e. The minimum absolute atomic E-state index is 0.155. The number of hydrogen-bond donors (Lipinski definition) is 10. The molecule has 0 aliphatic carbocycles. The highest BCUT2D eigenvalue weighted by Gasteiger charge is 2.48. The molecule has 11 rings (SSSR count). The Balaban J connectivity index is 0.929. The Morgan fingerprint density at radius 2 is 0.974 bits per heavy atom. The van der Waals surface area contributed by atoms with E-state index >= 15 is 0 Å². The van der Waals surface area contributed by atoms with Crippen LogP contribution in [0.2, 0.25) is 0 Å². The van der Waals surface area contributed by atoms with Gasteiger partial charge in [0.2, 0.25) is 0 Å². The number of aliphatic hydroxyl groups is 8. The highest BCUT2D eigenvalue weighted by Crippen LogP contribution is 2.39. The van der Waals surface area contributed by atoms with Gasteiger partial charge in [-0.2, -0.15) is 0 Å². The summed E-state index contributed by atoms with van der Waals surface area (Å²) >= 11 is 0. The van der Waals surface area contributed by atoms with Gasteiger partial charge < -0.3 is 70.1 Å². The molecule has 7 aromatic rings. The molecule has 8 bridgehead atoms. The molecule has 0 spiro atoms. The molecule has 10 N–H and O–H groups in total. The third kappa shape index (κ3) is 10.1. The molecule has 17 nitrogen and oxygen atoms in total. The second kappa shape index (κ2) is 22.1. The van der Waals surface area contributed by atoms with Crippen LogP contribution in [0.1, 0.15) is 22.8 Å². The highest BCUT2D eigenvalue weighted by molar-refractivity contribution is 6.00. The Bertz CT molecular complexity index is 3430. The number of carbonyl (C=O) groups excluding carboxylic acids is 1. The summed E-state index contributed by atoms with van der Waals surface area (Å²) in [4.78, 5) is 35.5. The monoisotopic (exact) mass is 1040 g/mol. The number of benzene rings is 4. The number of rotatable bonds is 13. The fourth-order valence-electron chi connectivity index (χ4n) is 10.6. The van der Waals surface area contributed by atoms with E-state index in [1.165, 1.54) is 4.90 Å². The molecule has 17 heteroatoms. The number of carbonyl (C=O) groups is 1. The van der Waals surface area contributed by atoms with E-state index in [0.29, 0.717) is 13.1 Å². The summed E-state index contributed by atoms with van der Waals surface area (Å²) in [6.07, 6.45) is -8.47. The van der Waals surface area contributed by atoms with Crippen LogP contribution < -0.4 is 4.90 Å². The van der Waals surface area contributed by atoms with Gasteiger partial charge >= 0.3 is 0 Å². The predicted octanol–water partition coefficient (Wildman–Crippen LogP) is 5.23. The van der Waals surface area contributed by atoms with Gasteiger partial charge in [0.15, 0.2) is 12.4 Å². The first-order valence-corrected chi connectivity index (χ1v) is 25.6. The quantitative estimate of drug-likeness (QED) is 0.0710. The highest BCUT2D eigenvalue weighted by atomic mass is 16.7. The molecule has 394 valence electrons. The van der Waals surface area contributed by atoms with Crippen LogP contribution in [-0.4, -0.2) is 166 Å². The molecule has 4 aromatic carbocycles. The maximum atomic E-state index is 13.7. The second-order valence-electron chi connectivity index (χ2n) is 19.4. The molecule has 0 radical (unpaired) electrons. The average Bonchev–Trinajstić information content (AvgIpc) is 4.40. The first kappa shape index (κ1) is 51.5. The van der Waals surface area contributed by atoms with Crippen LogP contribution >= 0.6 is 0 Å². The Morgan fingerprint density at radius 3 is 1.38 bits per heavy atom. The third-order valence-electron chi connectivity index (χ3n) is 14.7. The Morgan fingerprint density at radius 1 is 0.558 bits per heavy atom. The van der Waals surface area contributed by atoms with Gasteiger partial charge in [-0.3, -0.25) is 4.79 Å². The number of nitrogens with zero attached hydrogens (tertiary/aromatic N) is 4. The molecular formula is C60H58N6O11. The Labute approximate surface area is 442 Å². The minimum atomic E-state index is -2.14. The molecule has 0 unspecified atom stereocenters. The van der Waals surface area contributed by atoms with Crippen LogP contribution in [0.5, 0.6) is 0 Å². The summed E-state index contributed by atoms with van der Waals surface area (Å²) in [5.41, 5.74) is 15.2. The zero-order valence-electron chi connectivity index (χ0n) is 41.6. The van der Waals surface area contributed by atoms with E-state index in [-0.39, 0.29) is 13.1 Å². The number of H-pyrrole nitrogens is 2. The average molecular weight is 1040 g/mol. The largest absolute Gasteiger partial charge is 0.394 e. The van der Waals surface area contributed by atoms with Crippen LogP contribution in [-0.2, 0) is 14.3 Å². The van der Waals surface area contributed by atoms with Crippen LogP contribution in [0.15, 0.2) is 140 Å². The number of hydrogen-bond acceptors (Lipinski definition) is 14. The molecule has 2 fully saturated rings. The van der Waals surface area contributed by atoms with Gasteiger partial charge in [0.1, 0.15) is 42.7 Å². The summed E-state index contributed by atoms with van der Waals surface area (Å²) in [5, 5.41) is 83.2. The zero-order chi connectivity index (χ0) is 53.3. The van der Waals surface area contributed by atoms with Crippen LogP contribution in [0.3, 0.4) is 0 Å². The van der Waals surface area contributed by atoms with Crippen molar-refractivity contribution >= 4 is 58.0 Å². The summed E-state index contributed by atoms with van der Waals surface area (Å²) < 4.78 is 10.9. The van der Waals surface area contributed by atoms with Gasteiger partial charge in [-0.25, -0.2) is 9.97 Å². The number of amides is 1. The molecule has 4 aliphatic heterocycles. The van der Waals surface area contributed by atoms with Crippen LogP contribution in [0.25, 0.3) is 90.9 Å². The van der Waals surface area contributed by atoms with Crippen molar-refractivity contribution in [1.29, 1.82) is 0 Å². The first-order chi connectivity index (χ1) is 37.5. The molecule has 9 atom stereocenters. The molecule has 2 saturated heterocycles. The molecule has 4 aliphatic rings. The molecule has 77 heavy (non-hydrogen) atoms. The molecule has 1 amide bonds. The van der Waals surface area contributed by atoms with Crippen molar-refractivity contribution in [3.05, 3.63) is 162 Å². The number of anilines is 1. The van der Waals surface area contributed by atoms with Crippen molar-refractivity contribution < 1.29 is 55.1 Å². The summed E-state index contributed by atoms with van der Waals surface area (Å²) in [6.45, 7) is -0.719. The van der Waals surface area contributed by atoms with E-state index in [2.05, 4.69) is 93.8 Å². The fourth-order valence-corrected chi connectivity index (χ4v) is 10.6. The van der Waals surface area contributed by atoms with Crippen molar-refractivity contribution in [3.63, 3.8) is 0 Å². The van der Waals surface area contributed by atoms with Gasteiger partial charge in [-0.15, -0.1) is 0 Å². The lowest BCUT2D eigenvalue weighted by molar-refractivity contribution is -0.326.